The fourth-order valence-corrected chi connectivity index (χ4v) is 20.1. The molecule has 142 heavy (non-hydrogen) atoms. The highest BCUT2D eigenvalue weighted by Crippen LogP contribution is 2.47. The van der Waals surface area contributed by atoms with Gasteiger partial charge in [0.05, 0.1) is 74.5 Å². The van der Waals surface area contributed by atoms with Gasteiger partial charge in [-0.3, -0.25) is 33.6 Å². The molecule has 2 amide bonds. The quantitative estimate of drug-likeness (QED) is 0.0121. The molecule has 25 nitrogen and oxygen atoms in total. The van der Waals surface area contributed by atoms with E-state index in [4.69, 9.17) is 32.9 Å². The predicted octanol–water partition coefficient (Wildman–Crippen LogP) is 26.7. The van der Waals surface area contributed by atoms with Gasteiger partial charge in [0.1, 0.15) is 29.4 Å². The molecule has 0 fully saturated rings. The van der Waals surface area contributed by atoms with Crippen molar-refractivity contribution in [3.63, 3.8) is 0 Å². The molecule has 26 heteroatoms. The van der Waals surface area contributed by atoms with Crippen LogP contribution in [0.4, 0.5) is 0 Å². The van der Waals surface area contributed by atoms with E-state index in [1.807, 2.05) is 48.5 Å². The molecule has 21 atom stereocenters. The molecule has 0 radical (unpaired) electrons. The molecule has 0 aromatic heterocycles. The second kappa shape index (κ2) is 89.0. The molecule has 21 unspecified atom stereocenters. The van der Waals surface area contributed by atoms with Gasteiger partial charge in [-0.15, -0.1) is 0 Å². The molecule has 0 aromatic carbocycles. The number of aliphatic hydroxyl groups is 4. The fraction of sp³-hybridized carbons (Fsp3) is 0.940. The van der Waals surface area contributed by atoms with Crippen LogP contribution in [0.2, 0.25) is 0 Å². The summed E-state index contributed by atoms with van der Waals surface area (Å²) in [5.74, 6) is -10.1. The van der Waals surface area contributed by atoms with Crippen LogP contribution in [0.1, 0.15) is 565 Å². The summed E-state index contributed by atoms with van der Waals surface area (Å²) in [6, 6.07) is 0. The molecule has 0 rings (SSSR count). The summed E-state index contributed by atoms with van der Waals surface area (Å²) in [6.45, 7) is 36.1. The van der Waals surface area contributed by atoms with Gasteiger partial charge in [0.2, 0.25) is 11.8 Å². The van der Waals surface area contributed by atoms with Crippen LogP contribution in [-0.4, -0.2) is 168 Å². The van der Waals surface area contributed by atoms with Crippen molar-refractivity contribution in [3.8, 4) is 0 Å². The van der Waals surface area contributed by atoms with Crippen LogP contribution in [0.5, 0.6) is 0 Å². The van der Waals surface area contributed by atoms with Gasteiger partial charge in [-0.05, 0) is 96.3 Å². The average molecular weight is 2050 g/mol. The van der Waals surface area contributed by atoms with Crippen LogP contribution in [0, 0.1) is 53.3 Å². The van der Waals surface area contributed by atoms with Gasteiger partial charge in [0.25, 0.3) is 0 Å². The van der Waals surface area contributed by atoms with Gasteiger partial charge in [-0.1, -0.05) is 464 Å². The molecule has 0 saturated carbocycles. The van der Waals surface area contributed by atoms with Crippen LogP contribution >= 0.6 is 8.17 Å². The van der Waals surface area contributed by atoms with E-state index in [2.05, 4.69) is 59.1 Å². The Labute approximate surface area is 872 Å². The first-order valence-corrected chi connectivity index (χ1v) is 60.0. The first-order chi connectivity index (χ1) is 66.8. The van der Waals surface area contributed by atoms with Crippen molar-refractivity contribution >= 4 is 49.8 Å². The molecule has 12 N–H and O–H groups in total. The minimum Gasteiger partial charge on any atom is -0.606 e. The number of nitrogens with one attached hydrogen (secondary N) is 2. The number of hydrogen-bond acceptors (Lipinski definition) is 21. The third-order valence-electron chi connectivity index (χ3n) is 30.5. The standard InChI is InChI=1S/C116H223N2O21P.2H2O.2H2/c1-21-28-35-42-49-51-52-54-61-68-74-81-94(13)112(127)134-101(90(9)77-70-63-56-45-38-31-24-4)84-104(122)117-115(19,98(17)120)110(137-106(124)83-100(121)89(8)76-69-62-55-44-37-30-23-3)108(126)97(16)88-133-99(18)116(20,118-105(123)85-102(91(10)78-71-64-57-46-39-32-25-5)135-113(128)93(12)80-73-66-59-48-41-34-27-7)111(109(96(15)87-119)139-140(130,131)132)138-107(125)86-103(92(11)79-72-65-58-47-40-33-26-6)136-114(129)95(14)82-75-67-60-53-50-43-36-29-22-2;;;;/h89-103,108-111,119-121,126H,21-88H2,1-20H3,(H,117,122)(H,118,123)(H2,130,131,132);2*1H2;2*1H. The number of rotatable bonds is 98. The normalized spacial score (nSPS) is 16.8. The summed E-state index contributed by atoms with van der Waals surface area (Å²) in [6.07, 6.45) is 46.4. The lowest BCUT2D eigenvalue weighted by molar-refractivity contribution is -0.252. The van der Waals surface area contributed by atoms with Crippen molar-refractivity contribution in [1.29, 1.82) is 0 Å². The lowest BCUT2D eigenvalue weighted by atomic mass is 9.80. The summed E-state index contributed by atoms with van der Waals surface area (Å²) in [5, 5.41) is 55.0. The molecule has 0 saturated heterocycles. The highest BCUT2D eigenvalue weighted by Gasteiger charge is 2.55. The first-order valence-electron chi connectivity index (χ1n) is 58.5. The summed E-state index contributed by atoms with van der Waals surface area (Å²) >= 11 is 0. The zero-order valence-corrected chi connectivity index (χ0v) is 95.7. The van der Waals surface area contributed by atoms with E-state index in [9.17, 15) is 54.3 Å². The number of carbonyl (C=O) groups is 7. The average Bonchev–Trinajstić information content (AvgIpc) is 0.792. The van der Waals surface area contributed by atoms with Gasteiger partial charge in [0.15, 0.2) is 18.3 Å². The summed E-state index contributed by atoms with van der Waals surface area (Å²) in [7, 11) is -5.66. The number of ether oxygens (including phenoxy) is 6. The Bertz CT molecular complexity index is 3040. The third-order valence-corrected chi connectivity index (χ3v) is 31.0. The Balaban J connectivity index is -0.0000161. The minimum atomic E-state index is -5.66. The zero-order chi connectivity index (χ0) is 105. The molecule has 0 heterocycles. The molecular weight excluding hydrogens is 1820 g/mol. The van der Waals surface area contributed by atoms with Crippen molar-refractivity contribution in [2.24, 2.45) is 53.3 Å². The predicted molar refractivity (Wildman–Crippen MR) is 583 cm³/mol. The lowest BCUT2D eigenvalue weighted by Gasteiger charge is -2.46. The second-order valence-corrected chi connectivity index (χ2v) is 45.4. The third kappa shape index (κ3) is 68.2. The van der Waals surface area contributed by atoms with Crippen LogP contribution in [0.25, 0.3) is 0 Å². The van der Waals surface area contributed by atoms with Gasteiger partial charge < -0.3 is 75.3 Å². The Morgan fingerprint density at radius 2 is 0.563 bits per heavy atom. The first kappa shape index (κ1) is 142. The molecule has 0 aromatic rings. The number of hydrogen-bond donors (Lipinski definition) is 8. The number of amides is 2. The monoisotopic (exact) mass is 2050 g/mol. The van der Waals surface area contributed by atoms with Crippen LogP contribution < -0.4 is 15.5 Å². The molecular formula is C116H231N2O23P. The maximum absolute atomic E-state index is 15.9. The largest absolute Gasteiger partial charge is 0.606 e. The smallest absolute Gasteiger partial charge is 0.374 e. The fourth-order valence-electron chi connectivity index (χ4n) is 19.4. The minimum absolute atomic E-state index is 0. The zero-order valence-electron chi connectivity index (χ0n) is 94.8. The van der Waals surface area contributed by atoms with E-state index in [0.29, 0.717) is 44.9 Å². The van der Waals surface area contributed by atoms with Crippen molar-refractivity contribution < 1.29 is 115 Å². The number of unbranched alkanes of at least 4 members (excludes halogenated alkanes) is 48. The number of aliphatic hydroxyl groups excluding tert-OH is 4. The van der Waals surface area contributed by atoms with Gasteiger partial charge in [-0.25, -0.2) is 0 Å². The van der Waals surface area contributed by atoms with Crippen LogP contribution in [0.3, 0.4) is 0 Å². The number of carbonyl (C=O) groups excluding carboxylic acids is 7. The van der Waals surface area contributed by atoms with Gasteiger partial charge in [-0.2, -0.15) is 14.3 Å². The highest BCUT2D eigenvalue weighted by molar-refractivity contribution is 7.51. The van der Waals surface area contributed by atoms with Crippen molar-refractivity contribution in [2.75, 3.05) is 13.2 Å². The lowest BCUT2D eigenvalue weighted by Crippen LogP contribution is -2.68. The van der Waals surface area contributed by atoms with Crippen molar-refractivity contribution in [2.45, 2.75) is 634 Å². The SMILES string of the molecule is CCCCCCCCCCCCCC(C)C(=O)OC(CC(=O)NC(C)(C(C)O)C(OC(=O)CC(O)C(C)CCCCCCCCC)C(O)C(C)COC(C)C(C)(NC(=O)CC(OC(=O)C(C)CCCCCCCCC)C(C)CCCCCCCCC)C(OC(=O)CC(OC(=O)C(C)CCCCCCCCCCC)C(C)CCCCCCCCC)C(O[P+]([O-])(O)O)C(C)CO)C(C)CCCCCCCCC.O.O.[HH].[HH]. The van der Waals surface area contributed by atoms with Crippen LogP contribution in [-0.2, 0) is 66.5 Å². The maximum atomic E-state index is 15.9. The van der Waals surface area contributed by atoms with E-state index in [1.165, 1.54) is 112 Å². The molecule has 0 aliphatic heterocycles. The number of phosphoric ester groups is 1. The van der Waals surface area contributed by atoms with E-state index in [0.717, 1.165) is 276 Å². The molecule has 848 valence electrons. The summed E-state index contributed by atoms with van der Waals surface area (Å²) in [4.78, 5) is 141. The molecule has 0 bridgehead atoms. The van der Waals surface area contributed by atoms with Crippen LogP contribution in [0.15, 0.2) is 0 Å². The molecule has 0 spiro atoms. The second-order valence-electron chi connectivity index (χ2n) is 44.2. The van der Waals surface area contributed by atoms with E-state index in [-0.39, 0.29) is 38.0 Å². The number of esters is 5. The van der Waals surface area contributed by atoms with E-state index < -0.39 is 190 Å². The Morgan fingerprint density at radius 1 is 0.317 bits per heavy atom. The Kier molecular flexibility index (Phi) is 89.2. The summed E-state index contributed by atoms with van der Waals surface area (Å²) in [5.41, 5.74) is -4.25. The molecule has 0 aliphatic carbocycles. The van der Waals surface area contributed by atoms with Crippen molar-refractivity contribution in [1.82, 2.24) is 10.6 Å². The van der Waals surface area contributed by atoms with E-state index >= 15 is 14.4 Å². The van der Waals surface area contributed by atoms with E-state index in [1.54, 1.807) is 6.92 Å². The summed E-state index contributed by atoms with van der Waals surface area (Å²) < 4.78 is 45.2. The molecule has 0 aliphatic rings. The van der Waals surface area contributed by atoms with Gasteiger partial charge in [0, 0.05) is 21.3 Å². The number of phosphoric acid groups is 1. The van der Waals surface area contributed by atoms with Crippen molar-refractivity contribution in [3.05, 3.63) is 0 Å². The maximum Gasteiger partial charge on any atom is 0.374 e. The Morgan fingerprint density at radius 3 is 0.838 bits per heavy atom. The topological polar surface area (TPSA) is 416 Å². The highest BCUT2D eigenvalue weighted by atomic mass is 31.2. The van der Waals surface area contributed by atoms with Gasteiger partial charge >= 0.3 is 38.0 Å². The Hall–Kier alpha value is -3.72.